The van der Waals surface area contributed by atoms with Gasteiger partial charge in [-0.3, -0.25) is 19.2 Å². The normalized spacial score (nSPS) is 11.4. The number of anilines is 2. The summed E-state index contributed by atoms with van der Waals surface area (Å²) >= 11 is 1.06. The number of H-pyrrole nitrogens is 1. The molecule has 2 aromatic rings. The van der Waals surface area contributed by atoms with Gasteiger partial charge in [-0.2, -0.15) is 0 Å². The second kappa shape index (κ2) is 9.70. The highest BCUT2D eigenvalue weighted by Crippen LogP contribution is 2.21. The van der Waals surface area contributed by atoms with E-state index >= 15 is 0 Å². The molecule has 9 nitrogen and oxygen atoms in total. The van der Waals surface area contributed by atoms with Crippen LogP contribution in [0, 0.1) is 0 Å². The Bertz CT molecular complexity index is 926. The summed E-state index contributed by atoms with van der Waals surface area (Å²) in [5, 5.41) is 5.05. The largest absolute Gasteiger partial charge is 0.469 e. The molecule has 0 radical (unpaired) electrons. The van der Waals surface area contributed by atoms with Crippen molar-refractivity contribution in [3.05, 3.63) is 46.4 Å². The van der Waals surface area contributed by atoms with Crippen molar-refractivity contribution in [3.63, 3.8) is 0 Å². The molecule has 3 N–H and O–H groups in total. The number of amides is 2. The van der Waals surface area contributed by atoms with Crippen molar-refractivity contribution in [1.29, 1.82) is 0 Å². The van der Waals surface area contributed by atoms with E-state index in [4.69, 9.17) is 0 Å². The molecular weight excluding hydrogens is 384 g/mol. The fourth-order valence-corrected chi connectivity index (χ4v) is 2.99. The lowest BCUT2D eigenvalue weighted by Crippen LogP contribution is -2.23. The van der Waals surface area contributed by atoms with Gasteiger partial charge in [-0.1, -0.05) is 11.8 Å². The van der Waals surface area contributed by atoms with Crippen LogP contribution in [0.4, 0.5) is 11.4 Å². The summed E-state index contributed by atoms with van der Waals surface area (Å²) in [6, 6.07) is 7.88. The molecular formula is C18H20N4O5S. The number of esters is 1. The highest BCUT2D eigenvalue weighted by Gasteiger charge is 2.17. The first-order valence-corrected chi connectivity index (χ1v) is 9.17. The summed E-state index contributed by atoms with van der Waals surface area (Å²) in [5.74, 6) is -0.987. The summed E-state index contributed by atoms with van der Waals surface area (Å²) in [7, 11) is 1.25. The van der Waals surface area contributed by atoms with Crippen molar-refractivity contribution in [2.24, 2.45) is 0 Å². The van der Waals surface area contributed by atoms with Crippen LogP contribution in [0.1, 0.15) is 19.5 Å². The van der Waals surface area contributed by atoms with E-state index in [1.54, 1.807) is 31.2 Å². The van der Waals surface area contributed by atoms with Gasteiger partial charge in [-0.15, -0.1) is 0 Å². The van der Waals surface area contributed by atoms with Crippen molar-refractivity contribution in [1.82, 2.24) is 9.97 Å². The van der Waals surface area contributed by atoms with Crippen LogP contribution in [0.5, 0.6) is 0 Å². The molecule has 0 aliphatic carbocycles. The Balaban J connectivity index is 2.01. The Morgan fingerprint density at radius 1 is 1.18 bits per heavy atom. The fourth-order valence-electron chi connectivity index (χ4n) is 2.15. The number of hydrogen-bond acceptors (Lipinski definition) is 7. The minimum absolute atomic E-state index is 0.130. The highest BCUT2D eigenvalue weighted by atomic mass is 32.2. The van der Waals surface area contributed by atoms with E-state index in [0.29, 0.717) is 11.4 Å². The zero-order valence-electron chi connectivity index (χ0n) is 15.6. The maximum absolute atomic E-state index is 12.4. The number of nitrogens with zero attached hydrogens (tertiary/aromatic N) is 1. The van der Waals surface area contributed by atoms with E-state index < -0.39 is 16.8 Å². The van der Waals surface area contributed by atoms with E-state index in [1.807, 2.05) is 0 Å². The third-order valence-electron chi connectivity index (χ3n) is 3.46. The standard InChI is InChI=1S/C18H20N4O5S/c1-10(17(26)20-13-6-4-12(5-7-13)19-11(2)23)28-18-21-14(8-15(24)22-18)9-16(25)27-3/h4-8,10H,9H2,1-3H3,(H,19,23)(H,20,26)(H,21,22,24)/t10-/m0/s1. The lowest BCUT2D eigenvalue weighted by Gasteiger charge is -2.12. The van der Waals surface area contributed by atoms with Gasteiger partial charge in [0.1, 0.15) is 0 Å². The molecule has 10 heteroatoms. The Labute approximate surface area is 165 Å². The number of rotatable bonds is 7. The molecule has 0 saturated carbocycles. The number of carbonyl (C=O) groups is 3. The maximum Gasteiger partial charge on any atom is 0.311 e. The highest BCUT2D eigenvalue weighted by molar-refractivity contribution is 8.00. The van der Waals surface area contributed by atoms with Crippen LogP contribution in [0.15, 0.2) is 40.3 Å². The quantitative estimate of drug-likeness (QED) is 0.363. The molecule has 1 aromatic carbocycles. The number of carbonyl (C=O) groups excluding carboxylic acids is 3. The first-order chi connectivity index (χ1) is 13.3. The predicted octanol–water partition coefficient (Wildman–Crippen LogP) is 1.56. The van der Waals surface area contributed by atoms with E-state index in [0.717, 1.165) is 11.8 Å². The molecule has 0 aliphatic heterocycles. The number of hydrogen-bond donors (Lipinski definition) is 3. The summed E-state index contributed by atoms with van der Waals surface area (Å²) in [6.07, 6.45) is -0.130. The molecule has 0 unspecified atom stereocenters. The summed E-state index contributed by atoms with van der Waals surface area (Å²) in [5.41, 5.74) is 1.03. The van der Waals surface area contributed by atoms with E-state index in [9.17, 15) is 19.2 Å². The van der Waals surface area contributed by atoms with Crippen molar-refractivity contribution >= 4 is 40.9 Å². The summed E-state index contributed by atoms with van der Waals surface area (Å²) in [4.78, 5) is 53.2. The third-order valence-corrected chi connectivity index (χ3v) is 4.44. The van der Waals surface area contributed by atoms with Gasteiger partial charge in [0.25, 0.3) is 5.56 Å². The monoisotopic (exact) mass is 404 g/mol. The van der Waals surface area contributed by atoms with Gasteiger partial charge in [-0.25, -0.2) is 4.98 Å². The van der Waals surface area contributed by atoms with Gasteiger partial charge in [0.2, 0.25) is 11.8 Å². The number of ether oxygens (including phenoxy) is 1. The van der Waals surface area contributed by atoms with E-state index in [2.05, 4.69) is 25.3 Å². The van der Waals surface area contributed by atoms with Crippen molar-refractivity contribution in [2.45, 2.75) is 30.7 Å². The molecule has 28 heavy (non-hydrogen) atoms. The van der Waals surface area contributed by atoms with Crippen LogP contribution < -0.4 is 16.2 Å². The van der Waals surface area contributed by atoms with Crippen molar-refractivity contribution in [2.75, 3.05) is 17.7 Å². The van der Waals surface area contributed by atoms with E-state index in [1.165, 1.54) is 20.1 Å². The third kappa shape index (κ3) is 6.54. The van der Waals surface area contributed by atoms with Gasteiger partial charge in [0.05, 0.1) is 24.5 Å². The van der Waals surface area contributed by atoms with Crippen LogP contribution >= 0.6 is 11.8 Å². The molecule has 0 bridgehead atoms. The predicted molar refractivity (Wildman–Crippen MR) is 105 cm³/mol. The summed E-state index contributed by atoms with van der Waals surface area (Å²) in [6.45, 7) is 3.08. The van der Waals surface area contributed by atoms with Crippen LogP contribution in [-0.2, 0) is 25.5 Å². The van der Waals surface area contributed by atoms with Crippen LogP contribution in [-0.4, -0.2) is 40.1 Å². The minimum atomic E-state index is -0.563. The second-order valence-electron chi connectivity index (χ2n) is 5.80. The first-order valence-electron chi connectivity index (χ1n) is 8.29. The first kappa shape index (κ1) is 21.2. The molecule has 0 aliphatic rings. The molecule has 0 saturated heterocycles. The molecule has 0 spiro atoms. The Morgan fingerprint density at radius 3 is 2.36 bits per heavy atom. The number of aromatic nitrogens is 2. The molecule has 0 fully saturated rings. The fraction of sp³-hybridized carbons (Fsp3) is 0.278. The zero-order chi connectivity index (χ0) is 20.7. The van der Waals surface area contributed by atoms with Crippen LogP contribution in [0.2, 0.25) is 0 Å². The number of thioether (sulfide) groups is 1. The van der Waals surface area contributed by atoms with Gasteiger partial charge >= 0.3 is 5.97 Å². The van der Waals surface area contributed by atoms with Gasteiger partial charge in [-0.05, 0) is 31.2 Å². The minimum Gasteiger partial charge on any atom is -0.469 e. The number of aromatic amines is 1. The average Bonchev–Trinajstić information content (AvgIpc) is 2.62. The molecule has 2 rings (SSSR count). The second-order valence-corrected chi connectivity index (χ2v) is 7.13. The van der Waals surface area contributed by atoms with E-state index in [-0.39, 0.29) is 29.1 Å². The lowest BCUT2D eigenvalue weighted by molar-refractivity contribution is -0.139. The molecule has 1 aromatic heterocycles. The van der Waals surface area contributed by atoms with Gasteiger partial charge in [0, 0.05) is 24.4 Å². The average molecular weight is 404 g/mol. The van der Waals surface area contributed by atoms with Crippen molar-refractivity contribution < 1.29 is 19.1 Å². The number of benzene rings is 1. The zero-order valence-corrected chi connectivity index (χ0v) is 16.4. The molecule has 1 heterocycles. The summed E-state index contributed by atoms with van der Waals surface area (Å²) < 4.78 is 4.56. The SMILES string of the molecule is COC(=O)Cc1cc(=O)[nH]c(S[C@@H](C)C(=O)Nc2ccc(NC(C)=O)cc2)n1. The molecule has 148 valence electrons. The van der Waals surface area contributed by atoms with Crippen molar-refractivity contribution in [3.8, 4) is 0 Å². The van der Waals surface area contributed by atoms with Crippen LogP contribution in [0.3, 0.4) is 0 Å². The Kier molecular flexibility index (Phi) is 7.33. The Morgan fingerprint density at radius 2 is 1.79 bits per heavy atom. The van der Waals surface area contributed by atoms with Crippen LogP contribution in [0.25, 0.3) is 0 Å². The lowest BCUT2D eigenvalue weighted by atomic mass is 10.2. The molecule has 2 amide bonds. The Hall–Kier alpha value is -3.14. The smallest absolute Gasteiger partial charge is 0.311 e. The topological polar surface area (TPSA) is 130 Å². The maximum atomic E-state index is 12.4. The molecule has 1 atom stereocenters. The van der Waals surface area contributed by atoms with Gasteiger partial charge in [0.15, 0.2) is 5.16 Å². The number of methoxy groups -OCH3 is 1. The van der Waals surface area contributed by atoms with Gasteiger partial charge < -0.3 is 20.4 Å². The number of nitrogens with one attached hydrogen (secondary N) is 3.